The molecule has 0 spiro atoms. The van der Waals surface area contributed by atoms with Crippen molar-refractivity contribution in [1.29, 1.82) is 0 Å². The van der Waals surface area contributed by atoms with E-state index in [1.54, 1.807) is 6.07 Å². The quantitative estimate of drug-likeness (QED) is 0.164. The normalized spacial score (nSPS) is 11.6. The summed E-state index contributed by atoms with van der Waals surface area (Å²) in [4.78, 5) is 4.63. The highest BCUT2D eigenvalue weighted by Gasteiger charge is 2.09. The number of rotatable bonds is 11. The lowest BCUT2D eigenvalue weighted by molar-refractivity contribution is 0.110. The molecule has 0 aromatic heterocycles. The molecule has 178 valence electrons. The Balaban J connectivity index is 0.00000512. The summed E-state index contributed by atoms with van der Waals surface area (Å²) < 4.78 is 34.3. The molecule has 8 nitrogen and oxygen atoms in total. The fourth-order valence-corrected chi connectivity index (χ4v) is 3.39. The highest BCUT2D eigenvalue weighted by atomic mass is 127. The smallest absolute Gasteiger partial charge is 0.238 e. The summed E-state index contributed by atoms with van der Waals surface area (Å²) in [6.07, 6.45) is 0. The Bertz CT molecular complexity index is 984. The summed E-state index contributed by atoms with van der Waals surface area (Å²) in [7, 11) is -3.74. The van der Waals surface area contributed by atoms with E-state index in [9.17, 15) is 8.42 Å². The largest absolute Gasteiger partial charge is 0.491 e. The van der Waals surface area contributed by atoms with Gasteiger partial charge in [0.2, 0.25) is 10.0 Å². The van der Waals surface area contributed by atoms with E-state index >= 15 is 0 Å². The van der Waals surface area contributed by atoms with E-state index in [2.05, 4.69) is 15.6 Å². The van der Waals surface area contributed by atoms with Crippen LogP contribution in [0.2, 0.25) is 0 Å². The van der Waals surface area contributed by atoms with Crippen LogP contribution in [-0.2, 0) is 27.8 Å². The van der Waals surface area contributed by atoms with Crippen molar-refractivity contribution in [2.24, 2.45) is 10.1 Å². The van der Waals surface area contributed by atoms with E-state index in [4.69, 9.17) is 14.6 Å². The standard InChI is InChI=1S/C22H32N4O4S.HI/c1-4-24-22(25-15-18-7-6-8-20(14-18)31(23,27)28)26-16-19-10-9-17(3)13-21(19)30-12-11-29-5-2;/h6-10,13-14H,4-5,11-12,15-16H2,1-3H3,(H2,23,27,28)(H2,24,25,26);1H. The van der Waals surface area contributed by atoms with E-state index in [1.165, 1.54) is 12.1 Å². The van der Waals surface area contributed by atoms with E-state index in [-0.39, 0.29) is 28.9 Å². The van der Waals surface area contributed by atoms with Gasteiger partial charge >= 0.3 is 0 Å². The van der Waals surface area contributed by atoms with Crippen molar-refractivity contribution >= 4 is 40.0 Å². The number of nitrogens with two attached hydrogens (primary N) is 1. The molecule has 4 N–H and O–H groups in total. The molecule has 2 aromatic carbocycles. The van der Waals surface area contributed by atoms with Crippen LogP contribution in [0.15, 0.2) is 52.4 Å². The molecule has 0 aliphatic heterocycles. The molecule has 0 atom stereocenters. The number of aryl methyl sites for hydroxylation is 1. The van der Waals surface area contributed by atoms with Gasteiger partial charge in [-0.25, -0.2) is 18.5 Å². The fourth-order valence-electron chi connectivity index (χ4n) is 2.81. The summed E-state index contributed by atoms with van der Waals surface area (Å²) in [6.45, 7) is 9.16. The summed E-state index contributed by atoms with van der Waals surface area (Å²) in [6, 6.07) is 12.5. The van der Waals surface area contributed by atoms with Crippen LogP contribution in [0.5, 0.6) is 5.75 Å². The average Bonchev–Trinajstić information content (AvgIpc) is 2.74. The van der Waals surface area contributed by atoms with Gasteiger partial charge in [0.15, 0.2) is 5.96 Å². The number of primary sulfonamides is 1. The van der Waals surface area contributed by atoms with Gasteiger partial charge < -0.3 is 20.1 Å². The minimum atomic E-state index is -3.74. The second-order valence-corrected chi connectivity index (χ2v) is 8.46. The molecule has 32 heavy (non-hydrogen) atoms. The van der Waals surface area contributed by atoms with Gasteiger partial charge in [0.05, 0.1) is 18.0 Å². The van der Waals surface area contributed by atoms with Crippen molar-refractivity contribution in [2.45, 2.75) is 38.8 Å². The second kappa shape index (κ2) is 14.3. The molecule has 0 amide bonds. The lowest BCUT2D eigenvalue weighted by Crippen LogP contribution is -2.36. The average molecular weight is 577 g/mol. The molecule has 0 aliphatic rings. The lowest BCUT2D eigenvalue weighted by atomic mass is 10.1. The van der Waals surface area contributed by atoms with Crippen molar-refractivity contribution in [1.82, 2.24) is 10.6 Å². The minimum absolute atomic E-state index is 0. The van der Waals surface area contributed by atoms with Crippen LogP contribution >= 0.6 is 24.0 Å². The first-order valence-electron chi connectivity index (χ1n) is 10.3. The third kappa shape index (κ3) is 9.72. The molecule has 0 aliphatic carbocycles. The van der Waals surface area contributed by atoms with Crippen molar-refractivity contribution in [3.05, 3.63) is 59.2 Å². The number of aliphatic imine (C=N–C) groups is 1. The maximum absolute atomic E-state index is 11.5. The Hall–Kier alpha value is -1.89. The van der Waals surface area contributed by atoms with E-state index in [0.717, 1.165) is 22.4 Å². The predicted molar refractivity (Wildman–Crippen MR) is 138 cm³/mol. The fraction of sp³-hybridized carbons (Fsp3) is 0.409. The number of guanidine groups is 1. The number of sulfonamides is 1. The second-order valence-electron chi connectivity index (χ2n) is 6.90. The highest BCUT2D eigenvalue weighted by Crippen LogP contribution is 2.20. The minimum Gasteiger partial charge on any atom is -0.491 e. The Labute approximate surface area is 208 Å². The van der Waals surface area contributed by atoms with E-state index in [1.807, 2.05) is 45.0 Å². The van der Waals surface area contributed by atoms with Gasteiger partial charge in [0, 0.05) is 25.3 Å². The Kier molecular flexibility index (Phi) is 12.6. The molecule has 0 heterocycles. The molecule has 0 saturated heterocycles. The lowest BCUT2D eigenvalue weighted by Gasteiger charge is -2.15. The zero-order valence-corrected chi connectivity index (χ0v) is 21.9. The number of nitrogens with one attached hydrogen (secondary N) is 2. The third-order valence-electron chi connectivity index (χ3n) is 4.35. The first kappa shape index (κ1) is 28.1. The molecular weight excluding hydrogens is 543 g/mol. The third-order valence-corrected chi connectivity index (χ3v) is 5.26. The number of nitrogens with zero attached hydrogens (tertiary/aromatic N) is 1. The molecular formula is C22H33IN4O4S. The van der Waals surface area contributed by atoms with Gasteiger partial charge in [-0.1, -0.05) is 24.3 Å². The van der Waals surface area contributed by atoms with Crippen LogP contribution < -0.4 is 20.5 Å². The topological polar surface area (TPSA) is 115 Å². The zero-order valence-electron chi connectivity index (χ0n) is 18.8. The predicted octanol–water partition coefficient (Wildman–Crippen LogP) is 2.93. The molecule has 0 radical (unpaired) electrons. The Morgan fingerprint density at radius 2 is 1.88 bits per heavy atom. The van der Waals surface area contributed by atoms with Gasteiger partial charge in [0.25, 0.3) is 0 Å². The summed E-state index contributed by atoms with van der Waals surface area (Å²) in [5.74, 6) is 1.42. The maximum atomic E-state index is 11.5. The Morgan fingerprint density at radius 3 is 2.56 bits per heavy atom. The Morgan fingerprint density at radius 1 is 1.09 bits per heavy atom. The van der Waals surface area contributed by atoms with Crippen LogP contribution in [0.4, 0.5) is 0 Å². The molecule has 2 aromatic rings. The van der Waals surface area contributed by atoms with Gasteiger partial charge in [-0.2, -0.15) is 0 Å². The van der Waals surface area contributed by atoms with Crippen molar-refractivity contribution in [3.8, 4) is 5.75 Å². The van der Waals surface area contributed by atoms with E-state index in [0.29, 0.717) is 45.4 Å². The summed E-state index contributed by atoms with van der Waals surface area (Å²) >= 11 is 0. The number of hydrogen-bond acceptors (Lipinski definition) is 5. The maximum Gasteiger partial charge on any atom is 0.238 e. The van der Waals surface area contributed by atoms with Crippen molar-refractivity contribution in [3.63, 3.8) is 0 Å². The number of ether oxygens (including phenoxy) is 2. The molecule has 0 saturated carbocycles. The van der Waals surface area contributed by atoms with Crippen LogP contribution in [0.1, 0.15) is 30.5 Å². The molecule has 0 fully saturated rings. The molecule has 0 unspecified atom stereocenters. The van der Waals surface area contributed by atoms with Gasteiger partial charge in [0.1, 0.15) is 12.4 Å². The van der Waals surface area contributed by atoms with E-state index < -0.39 is 10.0 Å². The number of benzene rings is 2. The van der Waals surface area contributed by atoms with Gasteiger partial charge in [-0.3, -0.25) is 0 Å². The summed E-state index contributed by atoms with van der Waals surface area (Å²) in [5.41, 5.74) is 2.87. The highest BCUT2D eigenvalue weighted by molar-refractivity contribution is 14.0. The van der Waals surface area contributed by atoms with Crippen LogP contribution in [0.3, 0.4) is 0 Å². The van der Waals surface area contributed by atoms with Gasteiger partial charge in [-0.05, 0) is 50.1 Å². The number of halogens is 1. The molecule has 0 bridgehead atoms. The van der Waals surface area contributed by atoms with Gasteiger partial charge in [-0.15, -0.1) is 24.0 Å². The van der Waals surface area contributed by atoms with Crippen LogP contribution in [-0.4, -0.2) is 40.7 Å². The zero-order chi connectivity index (χ0) is 22.7. The van der Waals surface area contributed by atoms with Crippen molar-refractivity contribution < 1.29 is 17.9 Å². The number of hydrogen-bond donors (Lipinski definition) is 3. The van der Waals surface area contributed by atoms with Crippen LogP contribution in [0.25, 0.3) is 0 Å². The monoisotopic (exact) mass is 576 g/mol. The first-order valence-corrected chi connectivity index (χ1v) is 11.8. The summed E-state index contributed by atoms with van der Waals surface area (Å²) in [5, 5.41) is 11.7. The van der Waals surface area contributed by atoms with Crippen LogP contribution in [0, 0.1) is 6.92 Å². The SMILES string of the molecule is CCNC(=NCc1cccc(S(N)(=O)=O)c1)NCc1ccc(C)cc1OCCOCC.I. The molecule has 10 heteroatoms. The van der Waals surface area contributed by atoms with Crippen molar-refractivity contribution in [2.75, 3.05) is 26.4 Å². The molecule has 2 rings (SSSR count). The first-order chi connectivity index (χ1) is 14.8.